The fourth-order valence-corrected chi connectivity index (χ4v) is 4.23. The predicted molar refractivity (Wildman–Crippen MR) is 129 cm³/mol. The average Bonchev–Trinajstić information content (AvgIpc) is 3.05. The number of ketones is 1. The Morgan fingerprint density at radius 2 is 1.61 bits per heavy atom. The van der Waals surface area contributed by atoms with E-state index in [1.165, 1.54) is 4.90 Å². The first-order valence-electron chi connectivity index (χ1n) is 11.0. The van der Waals surface area contributed by atoms with Crippen LogP contribution >= 0.6 is 0 Å². The van der Waals surface area contributed by atoms with Gasteiger partial charge in [0.05, 0.1) is 17.7 Å². The molecule has 1 heterocycles. The second-order valence-electron chi connectivity index (χ2n) is 8.56. The first kappa shape index (κ1) is 22.3. The van der Waals surface area contributed by atoms with Gasteiger partial charge in [0.25, 0.3) is 11.7 Å². The summed E-state index contributed by atoms with van der Waals surface area (Å²) in [6.45, 7) is 7.76. The molecule has 3 aromatic rings. The van der Waals surface area contributed by atoms with Crippen molar-refractivity contribution in [2.75, 3.05) is 4.90 Å². The summed E-state index contributed by atoms with van der Waals surface area (Å²) in [6, 6.07) is 21.2. The Hall–Kier alpha value is -3.86. The Morgan fingerprint density at radius 3 is 2.21 bits per heavy atom. The third-order valence-corrected chi connectivity index (χ3v) is 5.67. The molecule has 0 spiro atoms. The summed E-state index contributed by atoms with van der Waals surface area (Å²) in [7, 11) is 0. The third kappa shape index (κ3) is 4.27. The molecule has 0 aromatic heterocycles. The monoisotopic (exact) mass is 441 g/mol. The molecular formula is C28H27NO4. The SMILES string of the molecule is Cc1ccc(N2C(=O)C(=O)/C(=C(/O)c3ccc(OC(C)C)cc3)C2c2ccccc2)c(C)c1. The van der Waals surface area contributed by atoms with Crippen molar-refractivity contribution in [1.82, 2.24) is 0 Å². The van der Waals surface area contributed by atoms with Gasteiger partial charge in [0.2, 0.25) is 0 Å². The highest BCUT2D eigenvalue weighted by Gasteiger charge is 2.47. The maximum atomic E-state index is 13.3. The van der Waals surface area contributed by atoms with E-state index < -0.39 is 17.7 Å². The minimum absolute atomic E-state index is 0.0191. The van der Waals surface area contributed by atoms with E-state index in [-0.39, 0.29) is 17.4 Å². The van der Waals surface area contributed by atoms with E-state index in [2.05, 4.69) is 0 Å². The van der Waals surface area contributed by atoms with Crippen LogP contribution in [0.5, 0.6) is 5.75 Å². The number of hydrogen-bond acceptors (Lipinski definition) is 4. The molecular weight excluding hydrogens is 414 g/mol. The maximum absolute atomic E-state index is 13.3. The molecule has 1 aliphatic heterocycles. The van der Waals surface area contributed by atoms with Gasteiger partial charge in [-0.2, -0.15) is 0 Å². The summed E-state index contributed by atoms with van der Waals surface area (Å²) in [5.41, 5.74) is 3.87. The van der Waals surface area contributed by atoms with E-state index in [0.717, 1.165) is 16.7 Å². The molecule has 33 heavy (non-hydrogen) atoms. The van der Waals surface area contributed by atoms with Gasteiger partial charge in [-0.1, -0.05) is 48.0 Å². The van der Waals surface area contributed by atoms with E-state index in [1.54, 1.807) is 24.3 Å². The van der Waals surface area contributed by atoms with Gasteiger partial charge in [0, 0.05) is 11.3 Å². The molecule has 5 nitrogen and oxygen atoms in total. The number of rotatable bonds is 5. The number of aliphatic hydroxyl groups excluding tert-OH is 1. The van der Waals surface area contributed by atoms with Gasteiger partial charge in [0.15, 0.2) is 0 Å². The summed E-state index contributed by atoms with van der Waals surface area (Å²) in [5, 5.41) is 11.2. The highest BCUT2D eigenvalue weighted by molar-refractivity contribution is 6.51. The lowest BCUT2D eigenvalue weighted by Gasteiger charge is -2.27. The van der Waals surface area contributed by atoms with Crippen molar-refractivity contribution >= 4 is 23.1 Å². The molecule has 5 heteroatoms. The van der Waals surface area contributed by atoms with Gasteiger partial charge in [-0.05, 0) is 69.2 Å². The number of carbonyl (C=O) groups excluding carboxylic acids is 2. The highest BCUT2D eigenvalue weighted by Crippen LogP contribution is 2.43. The lowest BCUT2D eigenvalue weighted by molar-refractivity contribution is -0.132. The molecule has 0 radical (unpaired) electrons. The summed E-state index contributed by atoms with van der Waals surface area (Å²) in [4.78, 5) is 28.0. The molecule has 1 fully saturated rings. The van der Waals surface area contributed by atoms with Gasteiger partial charge < -0.3 is 9.84 Å². The number of aryl methyl sites for hydroxylation is 2. The van der Waals surface area contributed by atoms with Crippen LogP contribution in [0.15, 0.2) is 78.4 Å². The molecule has 1 N–H and O–H groups in total. The summed E-state index contributed by atoms with van der Waals surface area (Å²) in [6.07, 6.45) is 0.0191. The van der Waals surface area contributed by atoms with E-state index in [0.29, 0.717) is 17.0 Å². The zero-order valence-corrected chi connectivity index (χ0v) is 19.2. The van der Waals surface area contributed by atoms with Crippen molar-refractivity contribution in [3.8, 4) is 5.75 Å². The van der Waals surface area contributed by atoms with Crippen molar-refractivity contribution in [3.63, 3.8) is 0 Å². The summed E-state index contributed by atoms with van der Waals surface area (Å²) in [5.74, 6) is -0.900. The molecule has 168 valence electrons. The second kappa shape index (κ2) is 8.94. The van der Waals surface area contributed by atoms with Crippen LogP contribution in [-0.4, -0.2) is 22.9 Å². The van der Waals surface area contributed by atoms with Crippen LogP contribution in [0.4, 0.5) is 5.69 Å². The number of ether oxygens (including phenoxy) is 1. The lowest BCUT2D eigenvalue weighted by Crippen LogP contribution is -2.30. The molecule has 1 unspecified atom stereocenters. The zero-order chi connectivity index (χ0) is 23.7. The van der Waals surface area contributed by atoms with Crippen molar-refractivity contribution in [2.24, 2.45) is 0 Å². The minimum Gasteiger partial charge on any atom is -0.507 e. The largest absolute Gasteiger partial charge is 0.507 e. The summed E-state index contributed by atoms with van der Waals surface area (Å²) < 4.78 is 5.67. The molecule has 3 aromatic carbocycles. The zero-order valence-electron chi connectivity index (χ0n) is 19.2. The quantitative estimate of drug-likeness (QED) is 0.313. The first-order valence-corrected chi connectivity index (χ1v) is 11.0. The van der Waals surface area contributed by atoms with Gasteiger partial charge in [-0.25, -0.2) is 0 Å². The van der Waals surface area contributed by atoms with Crippen LogP contribution in [0.3, 0.4) is 0 Å². The molecule has 0 aliphatic carbocycles. The van der Waals surface area contributed by atoms with Crippen molar-refractivity contribution in [2.45, 2.75) is 39.8 Å². The van der Waals surface area contributed by atoms with E-state index in [1.807, 2.05) is 76.2 Å². The maximum Gasteiger partial charge on any atom is 0.300 e. The molecule has 1 amide bonds. The third-order valence-electron chi connectivity index (χ3n) is 5.67. The fourth-order valence-electron chi connectivity index (χ4n) is 4.23. The number of amides is 1. The Bertz CT molecular complexity index is 1230. The molecule has 1 saturated heterocycles. The number of hydrogen-bond donors (Lipinski definition) is 1. The normalized spacial score (nSPS) is 17.6. The standard InChI is InChI=1S/C28H27NO4/c1-17(2)33-22-13-11-21(12-14-22)26(30)24-25(20-8-6-5-7-9-20)29(28(32)27(24)31)23-15-10-18(3)16-19(23)4/h5-17,25,30H,1-4H3/b26-24+. The summed E-state index contributed by atoms with van der Waals surface area (Å²) >= 11 is 0. The van der Waals surface area contributed by atoms with E-state index in [9.17, 15) is 14.7 Å². The van der Waals surface area contributed by atoms with Crippen LogP contribution in [0.2, 0.25) is 0 Å². The van der Waals surface area contributed by atoms with Crippen LogP contribution in [-0.2, 0) is 9.59 Å². The smallest absolute Gasteiger partial charge is 0.300 e. The van der Waals surface area contributed by atoms with Crippen molar-refractivity contribution in [1.29, 1.82) is 0 Å². The Morgan fingerprint density at radius 1 is 0.939 bits per heavy atom. The number of nitrogens with zero attached hydrogens (tertiary/aromatic N) is 1. The Labute approximate surface area is 193 Å². The van der Waals surface area contributed by atoms with Crippen molar-refractivity contribution in [3.05, 3.63) is 101 Å². The van der Waals surface area contributed by atoms with Crippen LogP contribution in [0.1, 0.15) is 42.1 Å². The minimum atomic E-state index is -0.737. The molecule has 1 atom stereocenters. The van der Waals surface area contributed by atoms with Crippen LogP contribution < -0.4 is 9.64 Å². The number of aliphatic hydroxyl groups is 1. The number of Topliss-reactive ketones (excluding diaryl/α,β-unsaturated/α-hetero) is 1. The van der Waals surface area contributed by atoms with E-state index >= 15 is 0 Å². The molecule has 4 rings (SSSR count). The van der Waals surface area contributed by atoms with Gasteiger partial charge >= 0.3 is 0 Å². The molecule has 1 aliphatic rings. The number of anilines is 1. The first-order chi connectivity index (χ1) is 15.8. The molecule has 0 saturated carbocycles. The second-order valence-corrected chi connectivity index (χ2v) is 8.56. The lowest BCUT2D eigenvalue weighted by atomic mass is 9.95. The Kier molecular flexibility index (Phi) is 6.05. The Balaban J connectivity index is 1.87. The number of carbonyl (C=O) groups is 2. The predicted octanol–water partition coefficient (Wildman–Crippen LogP) is 5.72. The molecule has 0 bridgehead atoms. The highest BCUT2D eigenvalue weighted by atomic mass is 16.5. The van der Waals surface area contributed by atoms with Crippen LogP contribution in [0, 0.1) is 13.8 Å². The fraction of sp³-hybridized carbons (Fsp3) is 0.214. The van der Waals surface area contributed by atoms with E-state index in [4.69, 9.17) is 4.74 Å². The van der Waals surface area contributed by atoms with Gasteiger partial charge in [-0.15, -0.1) is 0 Å². The van der Waals surface area contributed by atoms with Crippen LogP contribution in [0.25, 0.3) is 5.76 Å². The topological polar surface area (TPSA) is 66.8 Å². The van der Waals surface area contributed by atoms with Crippen molar-refractivity contribution < 1.29 is 19.4 Å². The van der Waals surface area contributed by atoms with Gasteiger partial charge in [0.1, 0.15) is 11.5 Å². The average molecular weight is 442 g/mol. The van der Waals surface area contributed by atoms with Gasteiger partial charge in [-0.3, -0.25) is 14.5 Å². The number of benzene rings is 3.